The van der Waals surface area contributed by atoms with E-state index in [0.29, 0.717) is 34.3 Å². The molecule has 4 rings (SSSR count). The Hall–Kier alpha value is -3.03. The Bertz CT molecular complexity index is 1120. The number of urea groups is 1. The van der Waals surface area contributed by atoms with Gasteiger partial charge in [0.1, 0.15) is 6.04 Å². The van der Waals surface area contributed by atoms with Crippen LogP contribution in [0.1, 0.15) is 33.4 Å². The molecule has 1 atom stereocenters. The first kappa shape index (κ1) is 20.3. The number of H-pyrrole nitrogens is 1. The Kier molecular flexibility index (Phi) is 5.65. The van der Waals surface area contributed by atoms with E-state index >= 15 is 0 Å². The summed E-state index contributed by atoms with van der Waals surface area (Å²) in [6.45, 7) is 0.436. The molecule has 9 heteroatoms. The Balaban J connectivity index is 1.71. The van der Waals surface area contributed by atoms with Crippen molar-refractivity contribution in [2.75, 3.05) is 19.0 Å². The first-order valence-corrected chi connectivity index (χ1v) is 9.97. The fraction of sp³-hybridized carbons (Fsp3) is 0.190. The number of imidazole rings is 1. The van der Waals surface area contributed by atoms with Crippen molar-refractivity contribution in [1.29, 1.82) is 0 Å². The summed E-state index contributed by atoms with van der Waals surface area (Å²) in [5.74, 6) is -0.531. The second kappa shape index (κ2) is 8.38. The molecule has 2 N–H and O–H groups in total. The number of nitrogens with one attached hydrogen (secondary N) is 2. The lowest BCUT2D eigenvalue weighted by Gasteiger charge is -2.35. The zero-order valence-corrected chi connectivity index (χ0v) is 17.5. The average molecular weight is 445 g/mol. The maximum Gasteiger partial charge on any atom is 0.339 e. The number of carbonyl (C=O) groups excluding carboxylic acids is 2. The number of para-hydroxylation sites is 1. The number of rotatable bonds is 3. The van der Waals surface area contributed by atoms with Gasteiger partial charge in [0.05, 0.1) is 30.4 Å². The first-order valence-electron chi connectivity index (χ1n) is 9.21. The minimum Gasteiger partial charge on any atom is -0.465 e. The summed E-state index contributed by atoms with van der Waals surface area (Å²) in [7, 11) is 1.29. The van der Waals surface area contributed by atoms with Crippen LogP contribution < -0.4 is 5.32 Å². The lowest BCUT2D eigenvalue weighted by atomic mass is 9.96. The number of carbonyl (C=O) groups is 2. The number of aromatic amines is 1. The van der Waals surface area contributed by atoms with Gasteiger partial charge in [-0.05, 0) is 29.8 Å². The van der Waals surface area contributed by atoms with Crippen molar-refractivity contribution in [1.82, 2.24) is 14.9 Å². The number of aromatic nitrogens is 2. The molecule has 1 aromatic heterocycles. The van der Waals surface area contributed by atoms with Gasteiger partial charge < -0.3 is 19.9 Å². The van der Waals surface area contributed by atoms with Crippen LogP contribution in [0, 0.1) is 0 Å². The van der Waals surface area contributed by atoms with Gasteiger partial charge in [-0.2, -0.15) is 0 Å². The largest absolute Gasteiger partial charge is 0.465 e. The summed E-state index contributed by atoms with van der Waals surface area (Å²) < 4.78 is 4.81. The zero-order chi connectivity index (χ0) is 21.3. The Labute approximate surface area is 183 Å². The number of benzene rings is 2. The van der Waals surface area contributed by atoms with Crippen molar-refractivity contribution < 1.29 is 14.3 Å². The summed E-state index contributed by atoms with van der Waals surface area (Å²) in [5, 5.41) is 3.77. The summed E-state index contributed by atoms with van der Waals surface area (Å²) in [5.41, 5.74) is 3.02. The highest BCUT2D eigenvalue weighted by atomic mass is 35.5. The SMILES string of the molecule is COC(=O)c1ccccc1NC(=O)N1CCc2[nH]cnc2C1c1ccc(Cl)cc1Cl. The third-order valence-electron chi connectivity index (χ3n) is 5.02. The molecule has 1 aliphatic heterocycles. The summed E-state index contributed by atoms with van der Waals surface area (Å²) in [4.78, 5) is 34.5. The molecule has 2 aromatic carbocycles. The standard InChI is InChI=1S/C21H18Cl2N4O3/c1-30-20(28)14-4-2-3-5-16(14)26-21(29)27-9-8-17-18(25-11-24-17)19(27)13-7-6-12(22)10-15(13)23/h2-7,10-11,19H,8-9H2,1H3,(H,24,25)(H,26,29). The number of hydrogen-bond acceptors (Lipinski definition) is 4. The van der Waals surface area contributed by atoms with Gasteiger partial charge in [-0.25, -0.2) is 14.6 Å². The van der Waals surface area contributed by atoms with Crippen LogP contribution in [0.2, 0.25) is 10.0 Å². The second-order valence-electron chi connectivity index (χ2n) is 6.75. The average Bonchev–Trinajstić information content (AvgIpc) is 3.22. The maximum atomic E-state index is 13.3. The molecule has 154 valence electrons. The van der Waals surface area contributed by atoms with Crippen LogP contribution in [0.3, 0.4) is 0 Å². The summed E-state index contributed by atoms with van der Waals surface area (Å²) in [6, 6.07) is 11.0. The highest BCUT2D eigenvalue weighted by Crippen LogP contribution is 2.38. The van der Waals surface area contributed by atoms with Crippen molar-refractivity contribution in [3.63, 3.8) is 0 Å². The number of fused-ring (bicyclic) bond motifs is 1. The molecule has 0 fully saturated rings. The topological polar surface area (TPSA) is 87.3 Å². The van der Waals surface area contributed by atoms with Crippen molar-refractivity contribution in [2.24, 2.45) is 0 Å². The highest BCUT2D eigenvalue weighted by Gasteiger charge is 2.35. The number of ether oxygens (including phenoxy) is 1. The Morgan fingerprint density at radius 2 is 2.03 bits per heavy atom. The van der Waals surface area contributed by atoms with Gasteiger partial charge in [0.15, 0.2) is 0 Å². The molecule has 0 saturated carbocycles. The van der Waals surface area contributed by atoms with E-state index in [1.54, 1.807) is 53.7 Å². The van der Waals surface area contributed by atoms with E-state index in [4.69, 9.17) is 27.9 Å². The predicted molar refractivity (Wildman–Crippen MR) is 114 cm³/mol. The number of methoxy groups -OCH3 is 1. The number of halogens is 2. The van der Waals surface area contributed by atoms with Crippen molar-refractivity contribution in [3.05, 3.63) is 81.4 Å². The van der Waals surface area contributed by atoms with Crippen molar-refractivity contribution >= 4 is 40.9 Å². The van der Waals surface area contributed by atoms with Crippen molar-refractivity contribution in [2.45, 2.75) is 12.5 Å². The molecule has 2 heterocycles. The van der Waals surface area contributed by atoms with E-state index < -0.39 is 12.0 Å². The molecule has 0 saturated heterocycles. The van der Waals surface area contributed by atoms with Crippen LogP contribution in [0.15, 0.2) is 48.8 Å². The van der Waals surface area contributed by atoms with E-state index in [9.17, 15) is 9.59 Å². The molecular formula is C21H18Cl2N4O3. The van der Waals surface area contributed by atoms with Gasteiger partial charge in [-0.3, -0.25) is 0 Å². The fourth-order valence-electron chi connectivity index (χ4n) is 3.60. The lowest BCUT2D eigenvalue weighted by molar-refractivity contribution is 0.0602. The molecule has 7 nitrogen and oxygen atoms in total. The van der Waals surface area contributed by atoms with Gasteiger partial charge in [-0.1, -0.05) is 41.4 Å². The molecule has 3 aromatic rings. The predicted octanol–water partition coefficient (Wildman–Crippen LogP) is 4.68. The number of hydrogen-bond donors (Lipinski definition) is 2. The maximum absolute atomic E-state index is 13.3. The van der Waals surface area contributed by atoms with E-state index in [2.05, 4.69) is 15.3 Å². The van der Waals surface area contributed by atoms with Crippen LogP contribution >= 0.6 is 23.2 Å². The van der Waals surface area contributed by atoms with Crippen LogP contribution in [0.4, 0.5) is 10.5 Å². The molecule has 2 amide bonds. The minimum absolute atomic E-state index is 0.270. The smallest absolute Gasteiger partial charge is 0.339 e. The van der Waals surface area contributed by atoms with E-state index in [0.717, 1.165) is 11.4 Å². The van der Waals surface area contributed by atoms with Gasteiger partial charge >= 0.3 is 12.0 Å². The van der Waals surface area contributed by atoms with Crippen LogP contribution in [0.5, 0.6) is 0 Å². The van der Waals surface area contributed by atoms with Crippen LogP contribution in [-0.2, 0) is 11.2 Å². The van der Waals surface area contributed by atoms with Gasteiger partial charge in [0.2, 0.25) is 0 Å². The monoisotopic (exact) mass is 444 g/mol. The first-order chi connectivity index (χ1) is 14.5. The molecule has 30 heavy (non-hydrogen) atoms. The quantitative estimate of drug-likeness (QED) is 0.573. The third-order valence-corrected chi connectivity index (χ3v) is 5.58. The van der Waals surface area contributed by atoms with E-state index in [1.165, 1.54) is 7.11 Å². The number of amides is 2. The lowest BCUT2D eigenvalue weighted by Crippen LogP contribution is -2.43. The molecule has 0 spiro atoms. The van der Waals surface area contributed by atoms with E-state index in [-0.39, 0.29) is 11.6 Å². The normalized spacial score (nSPS) is 15.4. The van der Waals surface area contributed by atoms with Gasteiger partial charge in [0, 0.05) is 28.7 Å². The molecule has 1 aliphatic rings. The number of esters is 1. The molecule has 1 unspecified atom stereocenters. The number of anilines is 1. The summed E-state index contributed by atoms with van der Waals surface area (Å²) >= 11 is 12.5. The zero-order valence-electron chi connectivity index (χ0n) is 16.0. The number of nitrogens with zero attached hydrogens (tertiary/aromatic N) is 2. The molecular weight excluding hydrogens is 427 g/mol. The van der Waals surface area contributed by atoms with Crippen molar-refractivity contribution in [3.8, 4) is 0 Å². The summed E-state index contributed by atoms with van der Waals surface area (Å²) in [6.07, 6.45) is 2.22. The molecule has 0 radical (unpaired) electrons. The van der Waals surface area contributed by atoms with Gasteiger partial charge in [0.25, 0.3) is 0 Å². The van der Waals surface area contributed by atoms with Crippen LogP contribution in [-0.4, -0.2) is 40.5 Å². The van der Waals surface area contributed by atoms with Gasteiger partial charge in [-0.15, -0.1) is 0 Å². The van der Waals surface area contributed by atoms with Crippen LogP contribution in [0.25, 0.3) is 0 Å². The van der Waals surface area contributed by atoms with E-state index in [1.807, 2.05) is 0 Å². The minimum atomic E-state index is -0.531. The molecule has 0 aliphatic carbocycles. The third kappa shape index (κ3) is 3.74. The second-order valence-corrected chi connectivity index (χ2v) is 7.59. The molecule has 0 bridgehead atoms. The Morgan fingerprint density at radius 1 is 1.23 bits per heavy atom. The Morgan fingerprint density at radius 3 is 2.80 bits per heavy atom. The fourth-order valence-corrected chi connectivity index (χ4v) is 4.11. The highest BCUT2D eigenvalue weighted by molar-refractivity contribution is 6.35.